The Morgan fingerprint density at radius 1 is 1.26 bits per heavy atom. The molecule has 0 N–H and O–H groups in total. The molecule has 112 valence electrons. The van der Waals surface area contributed by atoms with Gasteiger partial charge in [0.25, 0.3) is 0 Å². The fourth-order valence-electron chi connectivity index (χ4n) is 2.00. The van der Waals surface area contributed by atoms with Gasteiger partial charge in [-0.15, -0.1) is 5.10 Å². The van der Waals surface area contributed by atoms with Crippen molar-refractivity contribution in [2.45, 2.75) is 6.54 Å². The lowest BCUT2D eigenvalue weighted by atomic mass is 10.3. The highest BCUT2D eigenvalue weighted by molar-refractivity contribution is 6.30. The Morgan fingerprint density at radius 2 is 2.09 bits per heavy atom. The van der Waals surface area contributed by atoms with E-state index in [1.807, 2.05) is 12.1 Å². The number of nitrogens with zero attached hydrogens (tertiary/aromatic N) is 7. The second-order valence-electron chi connectivity index (χ2n) is 4.55. The minimum absolute atomic E-state index is 0.0143. The van der Waals surface area contributed by atoms with Gasteiger partial charge in [0.05, 0.1) is 29.8 Å². The number of halogens is 2. The first-order chi connectivity index (χ1) is 11.1. The highest BCUT2D eigenvalue weighted by atomic mass is 35.5. The number of hydrogen-bond donors (Lipinski definition) is 0. The van der Waals surface area contributed by atoms with E-state index in [1.54, 1.807) is 6.20 Å². The van der Waals surface area contributed by atoms with E-state index in [-0.39, 0.29) is 23.0 Å². The van der Waals surface area contributed by atoms with Crippen LogP contribution in [0.4, 0.5) is 4.39 Å². The SMILES string of the molecule is N#Cc1ncn(Cc2cn(-c3ccc(F)c(Cl)c3)nn2)c1C#N. The number of hydrogen-bond acceptors (Lipinski definition) is 5. The summed E-state index contributed by atoms with van der Waals surface area (Å²) in [4.78, 5) is 3.85. The van der Waals surface area contributed by atoms with Crippen LogP contribution in [-0.4, -0.2) is 24.5 Å². The van der Waals surface area contributed by atoms with E-state index in [0.717, 1.165) is 0 Å². The van der Waals surface area contributed by atoms with Gasteiger partial charge in [0.2, 0.25) is 0 Å². The van der Waals surface area contributed by atoms with Crippen molar-refractivity contribution >= 4 is 11.6 Å². The van der Waals surface area contributed by atoms with Gasteiger partial charge in [0.15, 0.2) is 11.4 Å². The van der Waals surface area contributed by atoms with E-state index in [1.165, 1.54) is 33.8 Å². The zero-order chi connectivity index (χ0) is 16.4. The van der Waals surface area contributed by atoms with Gasteiger partial charge < -0.3 is 4.57 Å². The van der Waals surface area contributed by atoms with E-state index >= 15 is 0 Å². The third-order valence-electron chi connectivity index (χ3n) is 3.09. The maximum atomic E-state index is 13.2. The molecule has 0 amide bonds. The van der Waals surface area contributed by atoms with Crippen molar-refractivity contribution in [2.75, 3.05) is 0 Å². The van der Waals surface area contributed by atoms with Gasteiger partial charge in [-0.3, -0.25) is 0 Å². The summed E-state index contributed by atoms with van der Waals surface area (Å²) >= 11 is 5.74. The first kappa shape index (κ1) is 14.7. The van der Waals surface area contributed by atoms with Crippen LogP contribution in [0.25, 0.3) is 5.69 Å². The first-order valence-electron chi connectivity index (χ1n) is 6.34. The van der Waals surface area contributed by atoms with Crippen LogP contribution in [0.2, 0.25) is 5.02 Å². The Hall–Kier alpha value is -3.23. The summed E-state index contributed by atoms with van der Waals surface area (Å²) in [5, 5.41) is 25.9. The van der Waals surface area contributed by atoms with E-state index in [0.29, 0.717) is 11.4 Å². The molecule has 2 aromatic heterocycles. The quantitative estimate of drug-likeness (QED) is 0.733. The second kappa shape index (κ2) is 5.87. The van der Waals surface area contributed by atoms with Crippen molar-refractivity contribution in [2.24, 2.45) is 0 Å². The van der Waals surface area contributed by atoms with Crippen LogP contribution in [0, 0.1) is 28.5 Å². The van der Waals surface area contributed by atoms with Gasteiger partial charge in [-0.25, -0.2) is 14.1 Å². The minimum atomic E-state index is -0.517. The van der Waals surface area contributed by atoms with Crippen LogP contribution in [0.3, 0.4) is 0 Å². The first-order valence-corrected chi connectivity index (χ1v) is 6.72. The van der Waals surface area contributed by atoms with Gasteiger partial charge in [-0.05, 0) is 18.2 Å². The molecule has 0 saturated heterocycles. The highest BCUT2D eigenvalue weighted by Crippen LogP contribution is 2.18. The molecule has 0 radical (unpaired) electrons. The Labute approximate surface area is 134 Å². The molecule has 1 aromatic carbocycles. The molecule has 0 fully saturated rings. The molecule has 23 heavy (non-hydrogen) atoms. The van der Waals surface area contributed by atoms with Crippen molar-refractivity contribution in [3.05, 3.63) is 58.6 Å². The standard InChI is InChI=1S/C14H7ClFN7/c15-11-3-10(1-2-12(11)16)23-7-9(20-21-23)6-22-8-19-13(4-17)14(22)5-18/h1-3,7-8H,6H2. The van der Waals surface area contributed by atoms with Gasteiger partial charge in [-0.2, -0.15) is 10.5 Å². The third kappa shape index (κ3) is 2.76. The van der Waals surface area contributed by atoms with Crippen LogP contribution in [0.15, 0.2) is 30.7 Å². The number of benzene rings is 1. The van der Waals surface area contributed by atoms with Crippen LogP contribution >= 0.6 is 11.6 Å². The molecule has 0 aliphatic heterocycles. The van der Waals surface area contributed by atoms with Crippen molar-refractivity contribution < 1.29 is 4.39 Å². The average molecular weight is 328 g/mol. The molecule has 7 nitrogen and oxygen atoms in total. The van der Waals surface area contributed by atoms with E-state index in [2.05, 4.69) is 15.3 Å². The summed E-state index contributed by atoms with van der Waals surface area (Å²) in [6, 6.07) is 7.97. The molecular weight excluding hydrogens is 321 g/mol. The zero-order valence-corrected chi connectivity index (χ0v) is 12.2. The van der Waals surface area contributed by atoms with E-state index in [4.69, 9.17) is 22.1 Å². The Bertz CT molecular complexity index is 960. The molecule has 2 heterocycles. The average Bonchev–Trinajstić information content (AvgIpc) is 3.17. The van der Waals surface area contributed by atoms with Crippen molar-refractivity contribution in [1.82, 2.24) is 24.5 Å². The van der Waals surface area contributed by atoms with Gasteiger partial charge in [0, 0.05) is 0 Å². The summed E-state index contributed by atoms with van der Waals surface area (Å²) < 4.78 is 16.1. The second-order valence-corrected chi connectivity index (χ2v) is 4.95. The van der Waals surface area contributed by atoms with Crippen LogP contribution in [-0.2, 0) is 6.54 Å². The fourth-order valence-corrected chi connectivity index (χ4v) is 2.18. The topological polar surface area (TPSA) is 96.1 Å². The third-order valence-corrected chi connectivity index (χ3v) is 3.38. The predicted octanol–water partition coefficient (Wildman–Crippen LogP) is 2.05. The van der Waals surface area contributed by atoms with Crippen LogP contribution in [0.5, 0.6) is 0 Å². The summed E-state index contributed by atoms with van der Waals surface area (Å²) in [5.41, 5.74) is 1.32. The summed E-state index contributed by atoms with van der Waals surface area (Å²) in [5.74, 6) is -0.517. The minimum Gasteiger partial charge on any atom is -0.315 e. The number of rotatable bonds is 3. The van der Waals surface area contributed by atoms with Crippen molar-refractivity contribution in [1.29, 1.82) is 10.5 Å². The lowest BCUT2D eigenvalue weighted by Gasteiger charge is -2.01. The van der Waals surface area contributed by atoms with Gasteiger partial charge in [-0.1, -0.05) is 16.8 Å². The molecule has 0 atom stereocenters. The zero-order valence-electron chi connectivity index (χ0n) is 11.5. The van der Waals surface area contributed by atoms with Crippen molar-refractivity contribution in [3.8, 4) is 17.8 Å². The normalized spacial score (nSPS) is 10.3. The molecule has 3 rings (SSSR count). The predicted molar refractivity (Wildman–Crippen MR) is 77.1 cm³/mol. The molecule has 0 unspecified atom stereocenters. The van der Waals surface area contributed by atoms with Crippen LogP contribution in [0.1, 0.15) is 17.1 Å². The Balaban J connectivity index is 1.88. The molecule has 9 heteroatoms. The number of nitriles is 2. The monoisotopic (exact) mass is 327 g/mol. The lowest BCUT2D eigenvalue weighted by Crippen LogP contribution is -2.02. The lowest BCUT2D eigenvalue weighted by molar-refractivity contribution is 0.627. The van der Waals surface area contributed by atoms with Crippen LogP contribution < -0.4 is 0 Å². The fraction of sp³-hybridized carbons (Fsp3) is 0.0714. The molecule has 3 aromatic rings. The smallest absolute Gasteiger partial charge is 0.176 e. The molecule has 0 saturated carbocycles. The molecule has 0 aliphatic rings. The Kier molecular flexibility index (Phi) is 3.75. The Morgan fingerprint density at radius 3 is 2.78 bits per heavy atom. The van der Waals surface area contributed by atoms with Gasteiger partial charge in [0.1, 0.15) is 23.6 Å². The maximum Gasteiger partial charge on any atom is 0.176 e. The van der Waals surface area contributed by atoms with Crippen molar-refractivity contribution in [3.63, 3.8) is 0 Å². The summed E-state index contributed by atoms with van der Waals surface area (Å²) in [7, 11) is 0. The molecule has 0 bridgehead atoms. The largest absolute Gasteiger partial charge is 0.315 e. The number of aromatic nitrogens is 5. The maximum absolute atomic E-state index is 13.2. The van der Waals surface area contributed by atoms with E-state index < -0.39 is 5.82 Å². The highest BCUT2D eigenvalue weighted by Gasteiger charge is 2.12. The molecule has 0 spiro atoms. The van der Waals surface area contributed by atoms with E-state index in [9.17, 15) is 4.39 Å². The number of imidazole rings is 1. The molecule has 0 aliphatic carbocycles. The summed E-state index contributed by atoms with van der Waals surface area (Å²) in [6.07, 6.45) is 3.02. The van der Waals surface area contributed by atoms with Gasteiger partial charge >= 0.3 is 0 Å². The molecular formula is C14H7ClFN7. The summed E-state index contributed by atoms with van der Waals surface area (Å²) in [6.45, 7) is 0.229.